The molecule has 1 heterocycles. The Balaban J connectivity index is 2.10. The maximum Gasteiger partial charge on any atom is 0.293 e. The molecule has 0 atom stereocenters. The Kier molecular flexibility index (Phi) is 3.58. The molecule has 0 aliphatic heterocycles. The summed E-state index contributed by atoms with van der Waals surface area (Å²) in [4.78, 5) is 23.3. The summed E-state index contributed by atoms with van der Waals surface area (Å²) in [6.07, 6.45) is 1.38. The minimum Gasteiger partial charge on any atom is -0.459 e. The molecule has 0 fully saturated rings. The maximum atomic E-state index is 11.7. The molecule has 1 aromatic carbocycles. The highest BCUT2D eigenvalue weighted by atomic mass is 127. The lowest BCUT2D eigenvalue weighted by molar-refractivity contribution is 0.0832. The number of halogens is 1. The van der Waals surface area contributed by atoms with Crippen molar-refractivity contribution in [3.05, 3.63) is 57.6 Å². The summed E-state index contributed by atoms with van der Waals surface area (Å²) in [5.41, 5.74) is 0.441. The van der Waals surface area contributed by atoms with Crippen molar-refractivity contribution in [3.63, 3.8) is 0 Å². The highest BCUT2D eigenvalue weighted by Gasteiger charge is 2.13. The van der Waals surface area contributed by atoms with Crippen LogP contribution in [0.4, 0.5) is 0 Å². The number of rotatable bonds is 2. The Morgan fingerprint density at radius 3 is 2.59 bits per heavy atom. The van der Waals surface area contributed by atoms with Gasteiger partial charge in [0.2, 0.25) is 0 Å². The molecular weight excluding hydrogens is 333 g/mol. The summed E-state index contributed by atoms with van der Waals surface area (Å²) < 4.78 is 5.82. The molecule has 1 N–H and O–H groups in total. The topological polar surface area (TPSA) is 59.3 Å². The molecular formula is C12H8INO3. The molecule has 0 saturated carbocycles. The summed E-state index contributed by atoms with van der Waals surface area (Å²) in [5.74, 6) is -0.868. The number of furan rings is 1. The van der Waals surface area contributed by atoms with E-state index >= 15 is 0 Å². The van der Waals surface area contributed by atoms with E-state index in [1.165, 1.54) is 12.3 Å². The van der Waals surface area contributed by atoms with E-state index in [4.69, 9.17) is 4.42 Å². The minimum atomic E-state index is -0.543. The number of amides is 2. The van der Waals surface area contributed by atoms with E-state index in [1.54, 1.807) is 24.3 Å². The van der Waals surface area contributed by atoms with Gasteiger partial charge < -0.3 is 4.42 Å². The van der Waals surface area contributed by atoms with Gasteiger partial charge in [-0.3, -0.25) is 14.9 Å². The van der Waals surface area contributed by atoms with Gasteiger partial charge in [-0.1, -0.05) is 6.07 Å². The van der Waals surface area contributed by atoms with Gasteiger partial charge in [-0.25, -0.2) is 0 Å². The third kappa shape index (κ3) is 2.94. The van der Waals surface area contributed by atoms with Crippen molar-refractivity contribution >= 4 is 34.4 Å². The summed E-state index contributed by atoms with van der Waals surface area (Å²) in [6, 6.07) is 10.1. The number of benzene rings is 1. The normalized spacial score (nSPS) is 9.94. The molecule has 2 aromatic rings. The third-order valence-corrected chi connectivity index (χ3v) is 2.73. The first kappa shape index (κ1) is 11.8. The molecule has 0 radical (unpaired) electrons. The van der Waals surface area contributed by atoms with Crippen molar-refractivity contribution in [3.8, 4) is 0 Å². The zero-order chi connectivity index (χ0) is 12.3. The smallest absolute Gasteiger partial charge is 0.293 e. The number of imide groups is 1. The number of hydrogen-bond acceptors (Lipinski definition) is 3. The quantitative estimate of drug-likeness (QED) is 0.674. The van der Waals surface area contributed by atoms with Crippen LogP contribution in [0.2, 0.25) is 0 Å². The van der Waals surface area contributed by atoms with E-state index in [-0.39, 0.29) is 5.76 Å². The fourth-order valence-corrected chi connectivity index (χ4v) is 1.82. The van der Waals surface area contributed by atoms with Crippen molar-refractivity contribution in [2.24, 2.45) is 0 Å². The largest absolute Gasteiger partial charge is 0.459 e. The summed E-state index contributed by atoms with van der Waals surface area (Å²) in [6.45, 7) is 0. The molecule has 0 bridgehead atoms. The van der Waals surface area contributed by atoms with E-state index < -0.39 is 11.8 Å². The first-order valence-electron chi connectivity index (χ1n) is 4.81. The van der Waals surface area contributed by atoms with Crippen LogP contribution in [-0.4, -0.2) is 11.8 Å². The molecule has 86 valence electrons. The van der Waals surface area contributed by atoms with Crippen molar-refractivity contribution in [2.75, 3.05) is 0 Å². The summed E-state index contributed by atoms with van der Waals surface area (Å²) in [7, 11) is 0. The van der Waals surface area contributed by atoms with E-state index in [0.29, 0.717) is 5.56 Å². The van der Waals surface area contributed by atoms with Crippen LogP contribution in [0.3, 0.4) is 0 Å². The second kappa shape index (κ2) is 5.13. The van der Waals surface area contributed by atoms with Crippen LogP contribution >= 0.6 is 22.6 Å². The molecule has 0 unspecified atom stereocenters. The molecule has 0 spiro atoms. The molecule has 0 saturated heterocycles. The van der Waals surface area contributed by atoms with E-state index in [2.05, 4.69) is 27.9 Å². The molecule has 1 aromatic heterocycles. The average molecular weight is 341 g/mol. The van der Waals surface area contributed by atoms with Gasteiger partial charge in [-0.05, 0) is 52.9 Å². The Bertz CT molecular complexity index is 549. The summed E-state index contributed by atoms with van der Waals surface area (Å²) in [5, 5.41) is 2.25. The lowest BCUT2D eigenvalue weighted by Gasteiger charge is -2.02. The standard InChI is InChI=1S/C12H8INO3/c13-9-4-1-3-8(7-9)11(15)14-12(16)10-5-2-6-17-10/h1-7H,(H,14,15,16). The van der Waals surface area contributed by atoms with E-state index in [0.717, 1.165) is 3.57 Å². The predicted octanol–water partition coefficient (Wildman–Crippen LogP) is 2.45. The maximum absolute atomic E-state index is 11.7. The molecule has 2 rings (SSSR count). The van der Waals surface area contributed by atoms with Crippen molar-refractivity contribution < 1.29 is 14.0 Å². The van der Waals surface area contributed by atoms with E-state index in [1.807, 2.05) is 6.07 Å². The van der Waals surface area contributed by atoms with Crippen LogP contribution in [-0.2, 0) is 0 Å². The van der Waals surface area contributed by atoms with Crippen LogP contribution in [0.25, 0.3) is 0 Å². The highest BCUT2D eigenvalue weighted by Crippen LogP contribution is 2.08. The average Bonchev–Trinajstić information content (AvgIpc) is 2.82. The van der Waals surface area contributed by atoms with Crippen LogP contribution < -0.4 is 5.32 Å². The minimum absolute atomic E-state index is 0.115. The van der Waals surface area contributed by atoms with Crippen molar-refractivity contribution in [2.45, 2.75) is 0 Å². The number of hydrogen-bond donors (Lipinski definition) is 1. The van der Waals surface area contributed by atoms with Gasteiger partial charge in [-0.2, -0.15) is 0 Å². The molecule has 17 heavy (non-hydrogen) atoms. The van der Waals surface area contributed by atoms with Gasteiger partial charge in [0.15, 0.2) is 5.76 Å². The van der Waals surface area contributed by atoms with Gasteiger partial charge in [0.1, 0.15) is 0 Å². The van der Waals surface area contributed by atoms with Crippen molar-refractivity contribution in [1.29, 1.82) is 0 Å². The zero-order valence-corrected chi connectivity index (χ0v) is 10.8. The molecule has 0 aliphatic rings. The Morgan fingerprint density at radius 1 is 1.12 bits per heavy atom. The molecule has 0 aliphatic carbocycles. The number of carbonyl (C=O) groups is 2. The van der Waals surface area contributed by atoms with Crippen LogP contribution in [0.1, 0.15) is 20.9 Å². The monoisotopic (exact) mass is 341 g/mol. The van der Waals surface area contributed by atoms with Crippen molar-refractivity contribution in [1.82, 2.24) is 5.32 Å². The second-order valence-corrected chi connectivity index (χ2v) is 4.52. The molecule has 5 heteroatoms. The number of carbonyl (C=O) groups excluding carboxylic acids is 2. The van der Waals surface area contributed by atoms with Gasteiger partial charge >= 0.3 is 0 Å². The Labute approximate surface area is 111 Å². The first-order valence-corrected chi connectivity index (χ1v) is 5.89. The number of nitrogens with one attached hydrogen (secondary N) is 1. The van der Waals surface area contributed by atoms with Gasteiger partial charge in [0, 0.05) is 9.13 Å². The second-order valence-electron chi connectivity index (χ2n) is 3.27. The fraction of sp³-hybridized carbons (Fsp3) is 0. The van der Waals surface area contributed by atoms with Gasteiger partial charge in [0.05, 0.1) is 6.26 Å². The highest BCUT2D eigenvalue weighted by molar-refractivity contribution is 14.1. The Hall–Kier alpha value is -1.63. The van der Waals surface area contributed by atoms with Gasteiger partial charge in [0.25, 0.3) is 11.8 Å². The molecule has 2 amide bonds. The summed E-state index contributed by atoms with van der Waals surface area (Å²) >= 11 is 2.10. The zero-order valence-electron chi connectivity index (χ0n) is 8.64. The van der Waals surface area contributed by atoms with Crippen LogP contribution in [0.5, 0.6) is 0 Å². The van der Waals surface area contributed by atoms with Gasteiger partial charge in [-0.15, -0.1) is 0 Å². The van der Waals surface area contributed by atoms with Crippen LogP contribution in [0.15, 0.2) is 47.1 Å². The third-order valence-electron chi connectivity index (χ3n) is 2.06. The Morgan fingerprint density at radius 2 is 1.94 bits per heavy atom. The van der Waals surface area contributed by atoms with Crippen LogP contribution in [0, 0.1) is 3.57 Å². The first-order chi connectivity index (χ1) is 8.16. The lowest BCUT2D eigenvalue weighted by Crippen LogP contribution is -2.30. The fourth-order valence-electron chi connectivity index (χ4n) is 1.27. The SMILES string of the molecule is O=C(NC(=O)c1ccco1)c1cccc(I)c1. The predicted molar refractivity (Wildman–Crippen MR) is 69.7 cm³/mol. The van der Waals surface area contributed by atoms with E-state index in [9.17, 15) is 9.59 Å². The lowest BCUT2D eigenvalue weighted by atomic mass is 10.2. The molecule has 4 nitrogen and oxygen atoms in total.